The summed E-state index contributed by atoms with van der Waals surface area (Å²) in [5, 5.41) is 37.2. The lowest BCUT2D eigenvalue weighted by molar-refractivity contribution is -0.137. The number of carboxylic acid groups (broad SMARTS) is 1. The van der Waals surface area contributed by atoms with E-state index in [1.165, 1.54) is 0 Å². The quantitative estimate of drug-likeness (QED) is 0.0869. The molecule has 0 aliphatic carbocycles. The normalized spacial score (nSPS) is 15.0. The van der Waals surface area contributed by atoms with Crippen molar-refractivity contribution in [2.45, 2.75) is 89.5 Å². The van der Waals surface area contributed by atoms with Crippen molar-refractivity contribution >= 4 is 35.9 Å². The van der Waals surface area contributed by atoms with Crippen LogP contribution in [0.5, 0.6) is 0 Å². The molecule has 1 radical (unpaired) electrons. The summed E-state index contributed by atoms with van der Waals surface area (Å²) >= 11 is 0. The molecule has 14 nitrogen and oxygen atoms in total. The van der Waals surface area contributed by atoms with E-state index >= 15 is 0 Å². The summed E-state index contributed by atoms with van der Waals surface area (Å²) in [4.78, 5) is 71.9. The molecule has 5 atom stereocenters. The van der Waals surface area contributed by atoms with Crippen molar-refractivity contribution in [3.63, 3.8) is 0 Å². The molecule has 14 heteroatoms. The molecule has 0 aromatic heterocycles. The van der Waals surface area contributed by atoms with Crippen LogP contribution in [0, 0.1) is 5.92 Å². The topological polar surface area (TPSA) is 237 Å². The van der Waals surface area contributed by atoms with Crippen molar-refractivity contribution in [3.05, 3.63) is 0 Å². The van der Waals surface area contributed by atoms with Crippen molar-refractivity contribution in [1.82, 2.24) is 21.3 Å². The first kappa shape index (κ1) is 33.9. The number of carbonyl (C=O) groups is 5. The summed E-state index contributed by atoms with van der Waals surface area (Å²) in [7, 11) is 0. The van der Waals surface area contributed by atoms with Gasteiger partial charge in [0.25, 0.3) is 0 Å². The van der Waals surface area contributed by atoms with Gasteiger partial charge in [-0.3, -0.25) is 28.8 Å². The lowest BCUT2D eigenvalue weighted by atomic mass is 10.0. The van der Waals surface area contributed by atoms with E-state index in [9.17, 15) is 39.0 Å². The summed E-state index contributed by atoms with van der Waals surface area (Å²) in [5.74, 6) is -4.37. The number of unbranched alkanes of at least 4 members (excludes halogenated alkanes) is 1. The van der Waals surface area contributed by atoms with Crippen LogP contribution in [0.3, 0.4) is 0 Å². The zero-order valence-corrected chi connectivity index (χ0v) is 21.5. The number of amides is 4. The molecule has 0 heterocycles. The Bertz CT molecular complexity index is 778. The van der Waals surface area contributed by atoms with Gasteiger partial charge in [-0.05, 0) is 25.2 Å². The monoisotopic (exact) mass is 530 g/mol. The van der Waals surface area contributed by atoms with E-state index in [0.717, 1.165) is 0 Å². The van der Waals surface area contributed by atoms with Gasteiger partial charge in [0.15, 0.2) is 0 Å². The van der Waals surface area contributed by atoms with E-state index < -0.39 is 73.0 Å². The predicted octanol–water partition coefficient (Wildman–Crippen LogP) is -2.55. The van der Waals surface area contributed by atoms with Crippen LogP contribution in [0.4, 0.5) is 0 Å². The Hall–Kier alpha value is -3.10. The highest BCUT2D eigenvalue weighted by Gasteiger charge is 2.30. The van der Waals surface area contributed by atoms with Gasteiger partial charge >= 0.3 is 5.97 Å². The van der Waals surface area contributed by atoms with E-state index in [0.29, 0.717) is 19.3 Å². The standard InChI is InChI=1S/C23H40N5O9/c1-4-5-6-16(21(35)25-14(10-29)7-8-19(32)33)26-22(36)18(12-31)28-23(37)17(11-30)27-20(34)15(24)9-13(2)3/h13-18,30-31H,4-9,11-12,24H2,1-3H3,(H,25,35)(H,26,36)(H,27,34)(H,28,37)(H,32,33)/t14-,15-,16-,17-,18-/m0/s1. The number of carbonyl (C=O) groups excluding carboxylic acids is 5. The van der Waals surface area contributed by atoms with Crippen molar-refractivity contribution in [1.29, 1.82) is 0 Å². The van der Waals surface area contributed by atoms with Crippen molar-refractivity contribution in [2.24, 2.45) is 11.7 Å². The third kappa shape index (κ3) is 13.7. The Kier molecular flexibility index (Phi) is 16.7. The van der Waals surface area contributed by atoms with E-state index in [-0.39, 0.29) is 25.2 Å². The Labute approximate surface area is 216 Å². The van der Waals surface area contributed by atoms with Crippen LogP contribution in [0.25, 0.3) is 0 Å². The predicted molar refractivity (Wildman–Crippen MR) is 131 cm³/mol. The largest absolute Gasteiger partial charge is 0.481 e. The molecule has 0 bridgehead atoms. The zero-order chi connectivity index (χ0) is 28.5. The number of hydrogen-bond acceptors (Lipinski definition) is 9. The lowest BCUT2D eigenvalue weighted by Crippen LogP contribution is -2.59. The van der Waals surface area contributed by atoms with Gasteiger partial charge in [-0.25, -0.2) is 0 Å². The van der Waals surface area contributed by atoms with Crippen LogP contribution in [-0.4, -0.2) is 94.6 Å². The molecule has 0 rings (SSSR count). The van der Waals surface area contributed by atoms with Crippen LogP contribution >= 0.6 is 0 Å². The van der Waals surface area contributed by atoms with Crippen molar-refractivity contribution < 1.29 is 44.1 Å². The fraction of sp³-hybridized carbons (Fsp3) is 0.739. The summed E-state index contributed by atoms with van der Waals surface area (Å²) in [6.07, 6.45) is 2.65. The van der Waals surface area contributed by atoms with Crippen LogP contribution in [0.15, 0.2) is 0 Å². The number of rotatable bonds is 19. The van der Waals surface area contributed by atoms with Gasteiger partial charge in [-0.15, -0.1) is 0 Å². The lowest BCUT2D eigenvalue weighted by Gasteiger charge is -2.25. The number of aliphatic carboxylic acids is 1. The maximum Gasteiger partial charge on any atom is 0.303 e. The van der Waals surface area contributed by atoms with E-state index in [1.54, 1.807) is 6.29 Å². The zero-order valence-electron chi connectivity index (χ0n) is 21.5. The van der Waals surface area contributed by atoms with E-state index in [1.807, 2.05) is 20.8 Å². The highest BCUT2D eigenvalue weighted by Crippen LogP contribution is 2.05. The van der Waals surface area contributed by atoms with Gasteiger partial charge in [0, 0.05) is 6.42 Å². The molecule has 0 spiro atoms. The Morgan fingerprint density at radius 3 is 1.73 bits per heavy atom. The highest BCUT2D eigenvalue weighted by molar-refractivity contribution is 5.95. The maximum atomic E-state index is 12.7. The van der Waals surface area contributed by atoms with E-state index in [4.69, 9.17) is 10.8 Å². The molecular formula is C23H40N5O9. The van der Waals surface area contributed by atoms with Gasteiger partial charge in [0.2, 0.25) is 29.9 Å². The molecule has 37 heavy (non-hydrogen) atoms. The van der Waals surface area contributed by atoms with Crippen LogP contribution in [-0.2, 0) is 28.8 Å². The van der Waals surface area contributed by atoms with E-state index in [2.05, 4.69) is 21.3 Å². The second-order valence-electron chi connectivity index (χ2n) is 9.04. The highest BCUT2D eigenvalue weighted by atomic mass is 16.4. The Morgan fingerprint density at radius 2 is 1.30 bits per heavy atom. The van der Waals surface area contributed by atoms with Gasteiger partial charge in [-0.1, -0.05) is 33.6 Å². The summed E-state index contributed by atoms with van der Waals surface area (Å²) < 4.78 is 0. The van der Waals surface area contributed by atoms with Gasteiger partial charge in [0.05, 0.1) is 25.3 Å². The molecule has 0 saturated heterocycles. The Morgan fingerprint density at radius 1 is 0.811 bits per heavy atom. The number of hydrogen-bond donors (Lipinski definition) is 8. The third-order valence-corrected chi connectivity index (χ3v) is 5.28. The number of carboxylic acids is 1. The Balaban J connectivity index is 5.28. The molecule has 0 aromatic carbocycles. The minimum Gasteiger partial charge on any atom is -0.481 e. The number of nitrogens with one attached hydrogen (secondary N) is 4. The van der Waals surface area contributed by atoms with Gasteiger partial charge in [-0.2, -0.15) is 0 Å². The molecule has 0 saturated carbocycles. The third-order valence-electron chi connectivity index (χ3n) is 5.28. The number of aliphatic hydroxyl groups excluding tert-OH is 2. The number of aliphatic hydroxyl groups is 2. The maximum absolute atomic E-state index is 12.7. The summed E-state index contributed by atoms with van der Waals surface area (Å²) in [6.45, 7) is 3.90. The first-order valence-electron chi connectivity index (χ1n) is 12.2. The molecule has 4 amide bonds. The fourth-order valence-electron chi connectivity index (χ4n) is 3.20. The first-order valence-corrected chi connectivity index (χ1v) is 12.2. The molecule has 211 valence electrons. The minimum atomic E-state index is -1.53. The molecule has 0 aliphatic rings. The minimum absolute atomic E-state index is 0.111. The summed E-state index contributed by atoms with van der Waals surface area (Å²) in [5.41, 5.74) is 5.78. The fourth-order valence-corrected chi connectivity index (χ4v) is 3.20. The van der Waals surface area contributed by atoms with Gasteiger partial charge < -0.3 is 42.3 Å². The first-order chi connectivity index (χ1) is 17.4. The average Bonchev–Trinajstić information content (AvgIpc) is 2.84. The molecule has 0 aromatic rings. The van der Waals surface area contributed by atoms with Gasteiger partial charge in [0.1, 0.15) is 18.1 Å². The second kappa shape index (κ2) is 18.2. The molecule has 9 N–H and O–H groups in total. The average molecular weight is 531 g/mol. The number of nitrogens with two attached hydrogens (primary N) is 1. The van der Waals surface area contributed by atoms with Crippen LogP contribution < -0.4 is 27.0 Å². The SMILES string of the molecule is CCCC[C@H](NC(=O)[C@H](CO)NC(=O)[C@H](CO)NC(=O)[C@@H](N)CC(C)C)C(=O)N[C@H]([C]=O)CCC(=O)O. The van der Waals surface area contributed by atoms with Crippen LogP contribution in [0.2, 0.25) is 0 Å². The second-order valence-corrected chi connectivity index (χ2v) is 9.04. The molecule has 0 unspecified atom stereocenters. The smallest absolute Gasteiger partial charge is 0.303 e. The molecular weight excluding hydrogens is 490 g/mol. The molecule has 0 fully saturated rings. The summed E-state index contributed by atoms with van der Waals surface area (Å²) in [6, 6.07) is -6.24. The molecule has 0 aliphatic heterocycles. The van der Waals surface area contributed by atoms with Crippen LogP contribution in [0.1, 0.15) is 59.3 Å². The van der Waals surface area contributed by atoms with Crippen molar-refractivity contribution in [2.75, 3.05) is 13.2 Å². The van der Waals surface area contributed by atoms with Crippen molar-refractivity contribution in [3.8, 4) is 0 Å².